The number of carbonyl (C=O) groups is 2. The number of aryl methyl sites for hydroxylation is 1. The van der Waals surface area contributed by atoms with Crippen molar-refractivity contribution in [1.82, 2.24) is 5.32 Å². The molecular weight excluding hydrogens is 321 g/mol. The van der Waals surface area contributed by atoms with Crippen molar-refractivity contribution in [2.24, 2.45) is 0 Å². The van der Waals surface area contributed by atoms with Crippen molar-refractivity contribution in [1.29, 1.82) is 0 Å². The van der Waals surface area contributed by atoms with E-state index in [9.17, 15) is 14.0 Å². The number of carbonyl (C=O) groups excluding carboxylic acids is 2. The first-order valence-corrected chi connectivity index (χ1v) is 8.07. The van der Waals surface area contributed by atoms with Crippen LogP contribution in [-0.4, -0.2) is 32.5 Å². The third kappa shape index (κ3) is 5.60. The van der Waals surface area contributed by atoms with Crippen LogP contribution in [0, 0.1) is 5.82 Å². The van der Waals surface area contributed by atoms with Crippen LogP contribution < -0.4 is 15.5 Å². The highest BCUT2D eigenvalue weighted by molar-refractivity contribution is 6.39. The van der Waals surface area contributed by atoms with Gasteiger partial charge in [0, 0.05) is 26.3 Å². The Labute approximate surface area is 146 Å². The van der Waals surface area contributed by atoms with Crippen molar-refractivity contribution in [3.63, 3.8) is 0 Å². The fourth-order valence-corrected chi connectivity index (χ4v) is 2.28. The van der Waals surface area contributed by atoms with Crippen molar-refractivity contribution in [2.45, 2.75) is 12.8 Å². The molecule has 0 aliphatic rings. The molecule has 6 heteroatoms. The number of halogens is 1. The maximum Gasteiger partial charge on any atom is 0.313 e. The van der Waals surface area contributed by atoms with Crippen molar-refractivity contribution in [3.8, 4) is 0 Å². The van der Waals surface area contributed by atoms with Gasteiger partial charge in [-0.15, -0.1) is 0 Å². The lowest BCUT2D eigenvalue weighted by molar-refractivity contribution is -0.136. The SMILES string of the molecule is CN(C)c1ccc(CCCNC(=O)C(=O)Nc2ccccc2F)cc1. The fraction of sp³-hybridized carbons (Fsp3) is 0.263. The molecule has 2 aromatic rings. The van der Waals surface area contributed by atoms with Crippen LogP contribution in [0.5, 0.6) is 0 Å². The van der Waals surface area contributed by atoms with Crippen LogP contribution in [0.2, 0.25) is 0 Å². The van der Waals surface area contributed by atoms with E-state index in [2.05, 4.69) is 10.6 Å². The average molecular weight is 343 g/mol. The van der Waals surface area contributed by atoms with Gasteiger partial charge in [0.05, 0.1) is 5.69 Å². The van der Waals surface area contributed by atoms with Gasteiger partial charge in [-0.3, -0.25) is 9.59 Å². The number of para-hydroxylation sites is 1. The van der Waals surface area contributed by atoms with E-state index in [1.165, 1.54) is 18.2 Å². The van der Waals surface area contributed by atoms with Crippen LogP contribution >= 0.6 is 0 Å². The van der Waals surface area contributed by atoms with Crippen LogP contribution in [0.25, 0.3) is 0 Å². The quantitative estimate of drug-likeness (QED) is 0.626. The number of nitrogens with zero attached hydrogens (tertiary/aromatic N) is 1. The number of anilines is 2. The van der Waals surface area contributed by atoms with E-state index >= 15 is 0 Å². The maximum atomic E-state index is 13.4. The Morgan fingerprint density at radius 1 is 1.00 bits per heavy atom. The molecule has 0 saturated heterocycles. The number of nitrogens with one attached hydrogen (secondary N) is 2. The Morgan fingerprint density at radius 2 is 1.68 bits per heavy atom. The summed E-state index contributed by atoms with van der Waals surface area (Å²) in [6, 6.07) is 13.9. The summed E-state index contributed by atoms with van der Waals surface area (Å²) < 4.78 is 13.4. The van der Waals surface area contributed by atoms with E-state index in [0.717, 1.165) is 17.7 Å². The van der Waals surface area contributed by atoms with Crippen molar-refractivity contribution >= 4 is 23.2 Å². The summed E-state index contributed by atoms with van der Waals surface area (Å²) in [5.41, 5.74) is 2.28. The van der Waals surface area contributed by atoms with Gasteiger partial charge in [-0.1, -0.05) is 24.3 Å². The highest BCUT2D eigenvalue weighted by Crippen LogP contribution is 2.13. The summed E-state index contributed by atoms with van der Waals surface area (Å²) in [4.78, 5) is 25.5. The van der Waals surface area contributed by atoms with E-state index in [1.807, 2.05) is 43.3 Å². The molecule has 5 nitrogen and oxygen atoms in total. The van der Waals surface area contributed by atoms with E-state index in [4.69, 9.17) is 0 Å². The summed E-state index contributed by atoms with van der Waals surface area (Å²) in [7, 11) is 3.97. The molecule has 0 radical (unpaired) electrons. The van der Waals surface area contributed by atoms with E-state index in [-0.39, 0.29) is 5.69 Å². The highest BCUT2D eigenvalue weighted by atomic mass is 19.1. The molecule has 0 aliphatic carbocycles. The first-order chi connectivity index (χ1) is 12.0. The predicted octanol–water partition coefficient (Wildman–Crippen LogP) is 2.58. The molecule has 0 heterocycles. The second-order valence-electron chi connectivity index (χ2n) is 5.85. The number of hydrogen-bond donors (Lipinski definition) is 2. The average Bonchev–Trinajstić information content (AvgIpc) is 2.60. The molecule has 132 valence electrons. The Kier molecular flexibility index (Phi) is 6.51. The molecule has 0 fully saturated rings. The molecule has 0 saturated carbocycles. The Hall–Kier alpha value is -2.89. The highest BCUT2D eigenvalue weighted by Gasteiger charge is 2.14. The van der Waals surface area contributed by atoms with Crippen molar-refractivity contribution in [3.05, 3.63) is 59.9 Å². The lowest BCUT2D eigenvalue weighted by Crippen LogP contribution is -2.36. The molecule has 25 heavy (non-hydrogen) atoms. The molecular formula is C19H22FN3O2. The standard InChI is InChI=1S/C19H22FN3O2/c1-23(2)15-11-9-14(10-12-15)6-5-13-21-18(24)19(25)22-17-8-4-3-7-16(17)20/h3-4,7-12H,5-6,13H2,1-2H3,(H,21,24)(H,22,25). The van der Waals surface area contributed by atoms with E-state index in [0.29, 0.717) is 13.0 Å². The zero-order valence-corrected chi connectivity index (χ0v) is 14.4. The largest absolute Gasteiger partial charge is 0.378 e. The second-order valence-corrected chi connectivity index (χ2v) is 5.85. The van der Waals surface area contributed by atoms with Crippen LogP contribution in [0.4, 0.5) is 15.8 Å². The number of hydrogen-bond acceptors (Lipinski definition) is 3. The molecule has 0 atom stereocenters. The third-order valence-electron chi connectivity index (χ3n) is 3.71. The molecule has 0 aliphatic heterocycles. The van der Waals surface area contributed by atoms with Crippen LogP contribution in [0.1, 0.15) is 12.0 Å². The molecule has 2 amide bonds. The van der Waals surface area contributed by atoms with Gasteiger partial charge in [0.2, 0.25) is 0 Å². The first-order valence-electron chi connectivity index (χ1n) is 8.07. The van der Waals surface area contributed by atoms with Gasteiger partial charge in [-0.25, -0.2) is 4.39 Å². The number of rotatable bonds is 6. The zero-order chi connectivity index (χ0) is 18.2. The second kappa shape index (κ2) is 8.82. The maximum absolute atomic E-state index is 13.4. The summed E-state index contributed by atoms with van der Waals surface area (Å²) in [6.45, 7) is 0.374. The lowest BCUT2D eigenvalue weighted by atomic mass is 10.1. The molecule has 0 unspecified atom stereocenters. The Bertz CT molecular complexity index is 730. The molecule has 0 aromatic heterocycles. The van der Waals surface area contributed by atoms with Crippen LogP contribution in [0.3, 0.4) is 0 Å². The van der Waals surface area contributed by atoms with Gasteiger partial charge < -0.3 is 15.5 Å². The predicted molar refractivity (Wildman–Crippen MR) is 97.1 cm³/mol. The van der Waals surface area contributed by atoms with Gasteiger partial charge >= 0.3 is 11.8 Å². The minimum absolute atomic E-state index is 0.0105. The first kappa shape index (κ1) is 18.4. The van der Waals surface area contributed by atoms with Crippen molar-refractivity contribution in [2.75, 3.05) is 30.9 Å². The lowest BCUT2D eigenvalue weighted by Gasteiger charge is -2.12. The topological polar surface area (TPSA) is 61.4 Å². The summed E-state index contributed by atoms with van der Waals surface area (Å²) in [6.07, 6.45) is 1.50. The Balaban J connectivity index is 1.73. The minimum atomic E-state index is -0.875. The third-order valence-corrected chi connectivity index (χ3v) is 3.71. The van der Waals surface area contributed by atoms with Gasteiger partial charge in [0.15, 0.2) is 0 Å². The van der Waals surface area contributed by atoms with Crippen LogP contribution in [0.15, 0.2) is 48.5 Å². The monoisotopic (exact) mass is 343 g/mol. The zero-order valence-electron chi connectivity index (χ0n) is 14.4. The number of amides is 2. The fourth-order valence-electron chi connectivity index (χ4n) is 2.28. The van der Waals surface area contributed by atoms with Crippen LogP contribution in [-0.2, 0) is 16.0 Å². The minimum Gasteiger partial charge on any atom is -0.378 e. The summed E-state index contributed by atoms with van der Waals surface area (Å²) in [5, 5.41) is 4.80. The smallest absolute Gasteiger partial charge is 0.313 e. The molecule has 2 N–H and O–H groups in total. The normalized spacial score (nSPS) is 10.2. The summed E-state index contributed by atoms with van der Waals surface area (Å²) in [5.74, 6) is -2.23. The van der Waals surface area contributed by atoms with Gasteiger partial charge in [-0.2, -0.15) is 0 Å². The molecule has 0 spiro atoms. The number of benzene rings is 2. The van der Waals surface area contributed by atoms with Gasteiger partial charge in [0.1, 0.15) is 5.82 Å². The van der Waals surface area contributed by atoms with Gasteiger partial charge in [-0.05, 0) is 42.7 Å². The molecule has 0 bridgehead atoms. The van der Waals surface area contributed by atoms with E-state index in [1.54, 1.807) is 6.07 Å². The molecule has 2 rings (SSSR count). The van der Waals surface area contributed by atoms with E-state index < -0.39 is 17.6 Å². The summed E-state index contributed by atoms with van der Waals surface area (Å²) >= 11 is 0. The van der Waals surface area contributed by atoms with Crippen molar-refractivity contribution < 1.29 is 14.0 Å². The van der Waals surface area contributed by atoms with Gasteiger partial charge in [0.25, 0.3) is 0 Å². The Morgan fingerprint density at radius 3 is 2.32 bits per heavy atom. The molecule has 2 aromatic carbocycles.